The van der Waals surface area contributed by atoms with Crippen molar-refractivity contribution in [3.8, 4) is 0 Å². The number of halogens is 1. The van der Waals surface area contributed by atoms with E-state index in [2.05, 4.69) is 22.2 Å². The summed E-state index contributed by atoms with van der Waals surface area (Å²) in [6.07, 6.45) is 2.72. The van der Waals surface area contributed by atoms with E-state index in [-0.39, 0.29) is 0 Å². The van der Waals surface area contributed by atoms with Crippen LogP contribution in [0.25, 0.3) is 11.2 Å². The summed E-state index contributed by atoms with van der Waals surface area (Å²) in [6.45, 7) is 3.77. The second-order valence-corrected chi connectivity index (χ2v) is 5.52. The molecule has 2 unspecified atom stereocenters. The van der Waals surface area contributed by atoms with Gasteiger partial charge in [0.15, 0.2) is 5.65 Å². The summed E-state index contributed by atoms with van der Waals surface area (Å²) in [5.41, 5.74) is 1.55. The molecule has 0 radical (unpaired) electrons. The SMILES string of the molecule is CC1COCCC1Nc1cc(Cl)c2ncn(C)c2n1. The van der Waals surface area contributed by atoms with Crippen molar-refractivity contribution in [2.75, 3.05) is 18.5 Å². The summed E-state index contributed by atoms with van der Waals surface area (Å²) in [7, 11) is 1.92. The molecule has 5 nitrogen and oxygen atoms in total. The van der Waals surface area contributed by atoms with Gasteiger partial charge in [-0.1, -0.05) is 18.5 Å². The number of hydrogen-bond donors (Lipinski definition) is 1. The number of fused-ring (bicyclic) bond motifs is 1. The Bertz CT molecular complexity index is 598. The number of nitrogens with zero attached hydrogens (tertiary/aromatic N) is 3. The Morgan fingerprint density at radius 1 is 1.53 bits per heavy atom. The number of ether oxygens (including phenoxy) is 1. The van der Waals surface area contributed by atoms with Crippen LogP contribution in [0, 0.1) is 5.92 Å². The Kier molecular flexibility index (Phi) is 3.33. The Morgan fingerprint density at radius 2 is 2.37 bits per heavy atom. The third kappa shape index (κ3) is 2.40. The maximum absolute atomic E-state index is 6.25. The molecule has 0 spiro atoms. The fourth-order valence-corrected chi connectivity index (χ4v) is 2.65. The molecule has 102 valence electrons. The third-order valence-corrected chi connectivity index (χ3v) is 3.88. The second kappa shape index (κ2) is 4.98. The molecule has 19 heavy (non-hydrogen) atoms. The van der Waals surface area contributed by atoms with Crippen molar-refractivity contribution in [2.24, 2.45) is 13.0 Å². The molecular formula is C13H17ClN4O. The molecule has 0 aliphatic carbocycles. The minimum atomic E-state index is 0.378. The van der Waals surface area contributed by atoms with E-state index in [1.807, 2.05) is 17.7 Å². The lowest BCUT2D eigenvalue weighted by atomic mass is 9.98. The van der Waals surface area contributed by atoms with Crippen LogP contribution in [0.15, 0.2) is 12.4 Å². The highest BCUT2D eigenvalue weighted by molar-refractivity contribution is 6.35. The molecule has 0 saturated carbocycles. The number of imidazole rings is 1. The molecule has 1 aliphatic rings. The smallest absolute Gasteiger partial charge is 0.163 e. The predicted molar refractivity (Wildman–Crippen MR) is 75.5 cm³/mol. The molecule has 1 N–H and O–H groups in total. The van der Waals surface area contributed by atoms with Gasteiger partial charge in [0.2, 0.25) is 0 Å². The normalized spacial score (nSPS) is 23.7. The lowest BCUT2D eigenvalue weighted by Gasteiger charge is -2.30. The van der Waals surface area contributed by atoms with Gasteiger partial charge in [-0.05, 0) is 12.3 Å². The van der Waals surface area contributed by atoms with Crippen molar-refractivity contribution in [3.63, 3.8) is 0 Å². The first-order chi connectivity index (χ1) is 9.15. The van der Waals surface area contributed by atoms with E-state index in [1.54, 1.807) is 6.33 Å². The van der Waals surface area contributed by atoms with Gasteiger partial charge < -0.3 is 14.6 Å². The van der Waals surface area contributed by atoms with Crippen LogP contribution in [0.1, 0.15) is 13.3 Å². The molecule has 1 fully saturated rings. The molecule has 1 saturated heterocycles. The lowest BCUT2D eigenvalue weighted by Crippen LogP contribution is -2.36. The topological polar surface area (TPSA) is 52.0 Å². The number of rotatable bonds is 2. The number of hydrogen-bond acceptors (Lipinski definition) is 4. The minimum Gasteiger partial charge on any atom is -0.381 e. The molecule has 0 aromatic carbocycles. The number of aromatic nitrogens is 3. The number of aryl methyl sites for hydroxylation is 1. The maximum atomic E-state index is 6.25. The largest absolute Gasteiger partial charge is 0.381 e. The van der Waals surface area contributed by atoms with Gasteiger partial charge in [-0.25, -0.2) is 9.97 Å². The highest BCUT2D eigenvalue weighted by atomic mass is 35.5. The van der Waals surface area contributed by atoms with Crippen LogP contribution in [-0.2, 0) is 11.8 Å². The summed E-state index contributed by atoms with van der Waals surface area (Å²) in [5, 5.41) is 4.10. The molecular weight excluding hydrogens is 264 g/mol. The Labute approximate surface area is 116 Å². The van der Waals surface area contributed by atoms with E-state index in [0.717, 1.165) is 36.6 Å². The van der Waals surface area contributed by atoms with Crippen LogP contribution in [-0.4, -0.2) is 33.8 Å². The molecule has 1 aliphatic heterocycles. The predicted octanol–water partition coefficient (Wildman–Crippen LogP) is 2.46. The van der Waals surface area contributed by atoms with Crippen molar-refractivity contribution in [3.05, 3.63) is 17.4 Å². The Morgan fingerprint density at radius 3 is 3.16 bits per heavy atom. The number of nitrogens with one attached hydrogen (secondary N) is 1. The molecule has 3 heterocycles. The van der Waals surface area contributed by atoms with Gasteiger partial charge in [0.25, 0.3) is 0 Å². The van der Waals surface area contributed by atoms with E-state index < -0.39 is 0 Å². The number of anilines is 1. The molecule has 0 amide bonds. The average molecular weight is 281 g/mol. The van der Waals surface area contributed by atoms with Gasteiger partial charge in [0, 0.05) is 25.8 Å². The third-order valence-electron chi connectivity index (χ3n) is 3.60. The molecule has 0 bridgehead atoms. The maximum Gasteiger partial charge on any atom is 0.163 e. The molecule has 2 atom stereocenters. The van der Waals surface area contributed by atoms with Crippen LogP contribution < -0.4 is 5.32 Å². The highest BCUT2D eigenvalue weighted by Crippen LogP contribution is 2.25. The van der Waals surface area contributed by atoms with Gasteiger partial charge in [0.05, 0.1) is 18.0 Å². The lowest BCUT2D eigenvalue weighted by molar-refractivity contribution is 0.0537. The van der Waals surface area contributed by atoms with Gasteiger partial charge in [-0.15, -0.1) is 0 Å². The van der Waals surface area contributed by atoms with Crippen molar-refractivity contribution in [1.29, 1.82) is 0 Å². The quantitative estimate of drug-likeness (QED) is 0.918. The van der Waals surface area contributed by atoms with Gasteiger partial charge in [-0.3, -0.25) is 0 Å². The zero-order valence-corrected chi connectivity index (χ0v) is 11.8. The summed E-state index contributed by atoms with van der Waals surface area (Å²) in [4.78, 5) is 8.83. The molecule has 6 heteroatoms. The monoisotopic (exact) mass is 280 g/mol. The molecule has 2 aromatic rings. The Hall–Kier alpha value is -1.33. The summed E-state index contributed by atoms with van der Waals surface area (Å²) in [6, 6.07) is 2.22. The van der Waals surface area contributed by atoms with E-state index >= 15 is 0 Å². The first-order valence-electron chi connectivity index (χ1n) is 6.47. The minimum absolute atomic E-state index is 0.378. The summed E-state index contributed by atoms with van der Waals surface area (Å²) < 4.78 is 7.32. The second-order valence-electron chi connectivity index (χ2n) is 5.11. The van der Waals surface area contributed by atoms with E-state index in [9.17, 15) is 0 Å². The fraction of sp³-hybridized carbons (Fsp3) is 0.538. The van der Waals surface area contributed by atoms with Crippen molar-refractivity contribution >= 4 is 28.6 Å². The molecule has 3 rings (SSSR count). The van der Waals surface area contributed by atoms with Crippen LogP contribution >= 0.6 is 11.6 Å². The first-order valence-corrected chi connectivity index (χ1v) is 6.85. The Balaban J connectivity index is 1.90. The van der Waals surface area contributed by atoms with Gasteiger partial charge in [-0.2, -0.15) is 0 Å². The van der Waals surface area contributed by atoms with E-state index in [0.29, 0.717) is 17.0 Å². The van der Waals surface area contributed by atoms with Crippen LogP contribution in [0.4, 0.5) is 5.82 Å². The summed E-state index contributed by atoms with van der Waals surface area (Å²) >= 11 is 6.25. The summed E-state index contributed by atoms with van der Waals surface area (Å²) in [5.74, 6) is 1.27. The average Bonchev–Trinajstić information content (AvgIpc) is 2.75. The van der Waals surface area contributed by atoms with Crippen molar-refractivity contribution in [2.45, 2.75) is 19.4 Å². The highest BCUT2D eigenvalue weighted by Gasteiger charge is 2.22. The van der Waals surface area contributed by atoms with Crippen molar-refractivity contribution < 1.29 is 4.74 Å². The zero-order chi connectivity index (χ0) is 13.4. The van der Waals surface area contributed by atoms with Gasteiger partial charge >= 0.3 is 0 Å². The van der Waals surface area contributed by atoms with Crippen LogP contribution in [0.2, 0.25) is 5.02 Å². The van der Waals surface area contributed by atoms with Crippen molar-refractivity contribution in [1.82, 2.24) is 14.5 Å². The molecule has 2 aromatic heterocycles. The van der Waals surface area contributed by atoms with E-state index in [4.69, 9.17) is 16.3 Å². The van der Waals surface area contributed by atoms with Gasteiger partial charge in [0.1, 0.15) is 11.3 Å². The fourth-order valence-electron chi connectivity index (χ4n) is 2.42. The number of pyridine rings is 1. The van der Waals surface area contributed by atoms with Crippen LogP contribution in [0.5, 0.6) is 0 Å². The first kappa shape index (κ1) is 12.7. The van der Waals surface area contributed by atoms with Crippen LogP contribution in [0.3, 0.4) is 0 Å². The zero-order valence-electron chi connectivity index (χ0n) is 11.1. The standard InChI is InChI=1S/C13H17ClN4O/c1-8-6-19-4-3-10(8)16-11-5-9(14)12-13(17-11)18(2)7-15-12/h5,7-8,10H,3-4,6H2,1-2H3,(H,16,17). The van der Waals surface area contributed by atoms with E-state index in [1.165, 1.54) is 0 Å².